The van der Waals surface area contributed by atoms with Crippen LogP contribution in [0.1, 0.15) is 6.92 Å². The number of nitrogens with zero attached hydrogens (tertiary/aromatic N) is 1. The molecule has 0 aliphatic carbocycles. The van der Waals surface area contributed by atoms with Gasteiger partial charge in [0.15, 0.2) is 0 Å². The van der Waals surface area contributed by atoms with Crippen molar-refractivity contribution < 1.29 is 5.21 Å². The first-order valence-electron chi connectivity index (χ1n) is 3.61. The number of benzene rings is 1. The molecule has 3 nitrogen and oxygen atoms in total. The Hall–Kier alpha value is -1.06. The highest BCUT2D eigenvalue weighted by molar-refractivity contribution is 5.40. The lowest BCUT2D eigenvalue weighted by atomic mass is 10.3. The van der Waals surface area contributed by atoms with Gasteiger partial charge in [0.1, 0.15) is 0 Å². The van der Waals surface area contributed by atoms with Gasteiger partial charge in [-0.3, -0.25) is 10.6 Å². The minimum atomic E-state index is 0.550. The van der Waals surface area contributed by atoms with Gasteiger partial charge in [-0.2, -0.15) is 0 Å². The van der Waals surface area contributed by atoms with E-state index in [9.17, 15) is 0 Å². The topological polar surface area (TPSA) is 35.5 Å². The number of nitrogens with one attached hydrogen (secondary N) is 1. The minimum absolute atomic E-state index is 0.550. The van der Waals surface area contributed by atoms with Gasteiger partial charge < -0.3 is 0 Å². The zero-order valence-corrected chi connectivity index (χ0v) is 6.49. The fraction of sp³-hybridized carbons (Fsp3) is 0.250. The van der Waals surface area contributed by atoms with Gasteiger partial charge in [-0.1, -0.05) is 18.2 Å². The third kappa shape index (κ3) is 2.57. The van der Waals surface area contributed by atoms with Crippen molar-refractivity contribution in [1.29, 1.82) is 0 Å². The van der Waals surface area contributed by atoms with E-state index >= 15 is 0 Å². The highest BCUT2D eigenvalue weighted by Gasteiger charge is 1.93. The average molecular weight is 152 g/mol. The minimum Gasteiger partial charge on any atom is -0.296 e. The number of hydrogen-bond acceptors (Lipinski definition) is 3. The predicted molar refractivity (Wildman–Crippen MR) is 44.2 cm³/mol. The van der Waals surface area contributed by atoms with Crippen LogP contribution in [0.25, 0.3) is 0 Å². The molecule has 0 bridgehead atoms. The van der Waals surface area contributed by atoms with E-state index in [1.165, 1.54) is 0 Å². The van der Waals surface area contributed by atoms with Crippen LogP contribution in [0.3, 0.4) is 0 Å². The summed E-state index contributed by atoms with van der Waals surface area (Å²) in [5, 5.41) is 10.1. The van der Waals surface area contributed by atoms with Crippen molar-refractivity contribution in [2.45, 2.75) is 6.92 Å². The van der Waals surface area contributed by atoms with Crippen molar-refractivity contribution in [3.8, 4) is 0 Å². The Morgan fingerprint density at radius 2 is 2.00 bits per heavy atom. The van der Waals surface area contributed by atoms with Gasteiger partial charge >= 0.3 is 0 Å². The van der Waals surface area contributed by atoms with Crippen LogP contribution < -0.4 is 5.43 Å². The summed E-state index contributed by atoms with van der Waals surface area (Å²) in [7, 11) is 0. The molecule has 1 aromatic rings. The summed E-state index contributed by atoms with van der Waals surface area (Å²) in [6.45, 7) is 2.41. The summed E-state index contributed by atoms with van der Waals surface area (Å²) in [6, 6.07) is 9.52. The summed E-state index contributed by atoms with van der Waals surface area (Å²) in [5.41, 5.74) is 3.67. The van der Waals surface area contributed by atoms with Gasteiger partial charge in [-0.05, 0) is 19.1 Å². The molecule has 0 radical (unpaired) electrons. The van der Waals surface area contributed by atoms with Crippen molar-refractivity contribution >= 4 is 5.69 Å². The Balaban J connectivity index is 2.51. The number of hydrazine groups is 1. The van der Waals surface area contributed by atoms with E-state index in [0.717, 1.165) is 10.9 Å². The molecule has 0 atom stereocenters. The smallest absolute Gasteiger partial charge is 0.0512 e. The Morgan fingerprint density at radius 3 is 2.55 bits per heavy atom. The molecule has 1 rings (SSSR count). The first kappa shape index (κ1) is 8.04. The lowest BCUT2D eigenvalue weighted by molar-refractivity contribution is -0.0607. The van der Waals surface area contributed by atoms with Gasteiger partial charge in [0, 0.05) is 6.54 Å². The second kappa shape index (κ2) is 3.95. The predicted octanol–water partition coefficient (Wildman–Crippen LogP) is 1.72. The third-order valence-corrected chi connectivity index (χ3v) is 1.33. The highest BCUT2D eigenvalue weighted by atomic mass is 16.5. The number of para-hydroxylation sites is 1. The fourth-order valence-electron chi connectivity index (χ4n) is 0.741. The van der Waals surface area contributed by atoms with Crippen LogP contribution in [-0.2, 0) is 0 Å². The lowest BCUT2D eigenvalue weighted by Gasteiger charge is -2.14. The van der Waals surface area contributed by atoms with Crippen LogP contribution in [0.15, 0.2) is 30.3 Å². The molecule has 0 saturated heterocycles. The molecule has 0 amide bonds. The molecule has 1 aromatic carbocycles. The van der Waals surface area contributed by atoms with Gasteiger partial charge in [0.25, 0.3) is 0 Å². The van der Waals surface area contributed by atoms with Crippen LogP contribution in [0.2, 0.25) is 0 Å². The van der Waals surface area contributed by atoms with E-state index < -0.39 is 0 Å². The Morgan fingerprint density at radius 1 is 1.36 bits per heavy atom. The Labute approximate surface area is 66.2 Å². The van der Waals surface area contributed by atoms with Gasteiger partial charge in [0.05, 0.1) is 5.69 Å². The summed E-state index contributed by atoms with van der Waals surface area (Å²) in [4.78, 5) is 0. The maximum absolute atomic E-state index is 9.03. The highest BCUT2D eigenvalue weighted by Crippen LogP contribution is 2.04. The molecule has 0 aromatic heterocycles. The van der Waals surface area contributed by atoms with Gasteiger partial charge in [-0.25, -0.2) is 0 Å². The molecular weight excluding hydrogens is 140 g/mol. The van der Waals surface area contributed by atoms with Crippen LogP contribution in [0, 0.1) is 0 Å². The molecule has 0 fully saturated rings. The maximum Gasteiger partial charge on any atom is 0.0512 e. The molecule has 0 aliphatic rings. The monoisotopic (exact) mass is 152 g/mol. The third-order valence-electron chi connectivity index (χ3n) is 1.33. The van der Waals surface area contributed by atoms with Crippen molar-refractivity contribution in [2.24, 2.45) is 0 Å². The van der Waals surface area contributed by atoms with Crippen LogP contribution in [0.5, 0.6) is 0 Å². The van der Waals surface area contributed by atoms with Crippen LogP contribution in [-0.4, -0.2) is 16.9 Å². The van der Waals surface area contributed by atoms with Gasteiger partial charge in [-0.15, -0.1) is 5.17 Å². The van der Waals surface area contributed by atoms with Gasteiger partial charge in [0.2, 0.25) is 0 Å². The standard InChI is InChI=1S/C8H12N2O/c1-2-10(11)9-8-6-4-3-5-7-8/h3-7,9,11H,2H2,1H3. The van der Waals surface area contributed by atoms with E-state index in [1.54, 1.807) is 0 Å². The normalized spacial score (nSPS) is 10.1. The maximum atomic E-state index is 9.03. The lowest BCUT2D eigenvalue weighted by Crippen LogP contribution is -2.25. The van der Waals surface area contributed by atoms with Crippen LogP contribution in [0.4, 0.5) is 5.69 Å². The van der Waals surface area contributed by atoms with E-state index in [1.807, 2.05) is 37.3 Å². The van der Waals surface area contributed by atoms with Crippen molar-refractivity contribution in [2.75, 3.05) is 12.0 Å². The van der Waals surface area contributed by atoms with E-state index in [0.29, 0.717) is 6.54 Å². The van der Waals surface area contributed by atoms with Crippen molar-refractivity contribution in [3.63, 3.8) is 0 Å². The summed E-state index contributed by atoms with van der Waals surface area (Å²) >= 11 is 0. The summed E-state index contributed by atoms with van der Waals surface area (Å²) < 4.78 is 0. The molecule has 0 unspecified atom stereocenters. The second-order valence-electron chi connectivity index (χ2n) is 2.19. The first-order chi connectivity index (χ1) is 5.33. The molecule has 0 heterocycles. The SMILES string of the molecule is CCN(O)Nc1ccccc1. The zero-order valence-electron chi connectivity index (χ0n) is 6.49. The first-order valence-corrected chi connectivity index (χ1v) is 3.61. The molecule has 0 spiro atoms. The van der Waals surface area contributed by atoms with E-state index in [2.05, 4.69) is 5.43 Å². The number of hydrogen-bond donors (Lipinski definition) is 2. The molecule has 0 saturated carbocycles. The quantitative estimate of drug-likeness (QED) is 0.647. The van der Waals surface area contributed by atoms with Crippen molar-refractivity contribution in [3.05, 3.63) is 30.3 Å². The fourth-order valence-corrected chi connectivity index (χ4v) is 0.741. The summed E-state index contributed by atoms with van der Waals surface area (Å²) in [5.74, 6) is 0. The molecule has 2 N–H and O–H groups in total. The van der Waals surface area contributed by atoms with E-state index in [-0.39, 0.29) is 0 Å². The Bertz CT molecular complexity index is 201. The number of rotatable bonds is 3. The van der Waals surface area contributed by atoms with Crippen molar-refractivity contribution in [1.82, 2.24) is 5.17 Å². The average Bonchev–Trinajstić information content (AvgIpc) is 2.06. The number of anilines is 1. The van der Waals surface area contributed by atoms with E-state index in [4.69, 9.17) is 5.21 Å². The zero-order chi connectivity index (χ0) is 8.10. The molecule has 60 valence electrons. The molecule has 0 aliphatic heterocycles. The largest absolute Gasteiger partial charge is 0.296 e. The Kier molecular flexibility index (Phi) is 2.89. The van der Waals surface area contributed by atoms with Crippen LogP contribution >= 0.6 is 0 Å². The second-order valence-corrected chi connectivity index (χ2v) is 2.19. The molecule has 11 heavy (non-hydrogen) atoms. The molecule has 3 heteroatoms. The summed E-state index contributed by atoms with van der Waals surface area (Å²) in [6.07, 6.45) is 0. The molecular formula is C8H12N2O. The number of hydroxylamine groups is 1.